The van der Waals surface area contributed by atoms with Crippen molar-refractivity contribution in [2.75, 3.05) is 0 Å². The highest BCUT2D eigenvalue weighted by molar-refractivity contribution is 9.10. The molecule has 0 unspecified atom stereocenters. The van der Waals surface area contributed by atoms with Gasteiger partial charge < -0.3 is 5.11 Å². The second-order valence-corrected chi connectivity index (χ2v) is 2.94. The number of pyridine rings is 1. The molecule has 1 aromatic rings. The Morgan fingerprint density at radius 1 is 1.73 bits per heavy atom. The van der Waals surface area contributed by atoms with Crippen LogP contribution < -0.4 is 0 Å². The van der Waals surface area contributed by atoms with Gasteiger partial charge in [-0.1, -0.05) is 0 Å². The highest BCUT2D eigenvalue weighted by Crippen LogP contribution is 2.11. The van der Waals surface area contributed by atoms with Crippen LogP contribution in [-0.2, 0) is 0 Å². The Kier molecular flexibility index (Phi) is 2.24. The van der Waals surface area contributed by atoms with Crippen LogP contribution in [0.2, 0.25) is 0 Å². The maximum Gasteiger partial charge on any atom is 0.337 e. The van der Waals surface area contributed by atoms with Gasteiger partial charge in [-0.3, -0.25) is 0 Å². The van der Waals surface area contributed by atoms with Crippen molar-refractivity contribution >= 4 is 21.9 Å². The van der Waals surface area contributed by atoms with Gasteiger partial charge in [0.05, 0.1) is 5.56 Å². The van der Waals surface area contributed by atoms with Crippen molar-refractivity contribution in [2.24, 2.45) is 0 Å². The lowest BCUT2D eigenvalue weighted by atomic mass is 10.2. The van der Waals surface area contributed by atoms with E-state index in [2.05, 4.69) is 20.9 Å². The van der Waals surface area contributed by atoms with E-state index in [1.165, 1.54) is 6.20 Å². The number of aryl methyl sites for hydroxylation is 1. The second-order valence-electron chi connectivity index (χ2n) is 2.13. The fourth-order valence-electron chi connectivity index (χ4n) is 0.746. The molecule has 11 heavy (non-hydrogen) atoms. The van der Waals surface area contributed by atoms with E-state index in [0.717, 1.165) is 0 Å². The summed E-state index contributed by atoms with van der Waals surface area (Å²) in [6.07, 6.45) is 1.34. The van der Waals surface area contributed by atoms with Gasteiger partial charge in [0.15, 0.2) is 0 Å². The quantitative estimate of drug-likeness (QED) is 0.728. The molecule has 0 spiro atoms. The molecule has 0 fully saturated rings. The number of nitrogens with zero attached hydrogens (tertiary/aromatic N) is 1. The normalized spacial score (nSPS) is 9.64. The molecule has 1 N–H and O–H groups in total. The number of hydrogen-bond donors (Lipinski definition) is 1. The molecule has 0 aliphatic heterocycles. The van der Waals surface area contributed by atoms with Crippen molar-refractivity contribution < 1.29 is 9.90 Å². The zero-order chi connectivity index (χ0) is 8.43. The number of carboxylic acids is 1. The summed E-state index contributed by atoms with van der Waals surface area (Å²) in [5.74, 6) is -0.942. The van der Waals surface area contributed by atoms with Gasteiger partial charge in [0.2, 0.25) is 0 Å². The zero-order valence-electron chi connectivity index (χ0n) is 5.84. The molecule has 0 saturated carbocycles. The molecule has 0 aliphatic rings. The van der Waals surface area contributed by atoms with E-state index < -0.39 is 5.97 Å². The summed E-state index contributed by atoms with van der Waals surface area (Å²) in [5.41, 5.74) is 0.951. The highest BCUT2D eigenvalue weighted by atomic mass is 79.9. The van der Waals surface area contributed by atoms with Crippen LogP contribution in [0.4, 0.5) is 0 Å². The van der Waals surface area contributed by atoms with Gasteiger partial charge in [0.1, 0.15) is 4.60 Å². The maximum absolute atomic E-state index is 10.5. The fraction of sp³-hybridized carbons (Fsp3) is 0.143. The van der Waals surface area contributed by atoms with E-state index in [4.69, 9.17) is 5.11 Å². The largest absolute Gasteiger partial charge is 0.478 e. The molecule has 0 saturated heterocycles. The van der Waals surface area contributed by atoms with E-state index in [0.29, 0.717) is 10.2 Å². The Bertz CT molecular complexity index is 298. The van der Waals surface area contributed by atoms with E-state index in [9.17, 15) is 4.79 Å². The van der Waals surface area contributed by atoms with Crippen LogP contribution in [-0.4, -0.2) is 16.1 Å². The van der Waals surface area contributed by atoms with Gasteiger partial charge in [-0.2, -0.15) is 0 Å². The van der Waals surface area contributed by atoms with Crippen LogP contribution in [0.3, 0.4) is 0 Å². The van der Waals surface area contributed by atoms with Crippen molar-refractivity contribution in [2.45, 2.75) is 6.92 Å². The van der Waals surface area contributed by atoms with Gasteiger partial charge in [0.25, 0.3) is 0 Å². The first-order chi connectivity index (χ1) is 5.11. The molecule has 58 valence electrons. The molecular weight excluding hydrogens is 210 g/mol. The summed E-state index contributed by atoms with van der Waals surface area (Å²) >= 11 is 3.14. The Hall–Kier alpha value is -0.900. The molecule has 1 rings (SSSR count). The molecular formula is C7H6BrNO2. The molecule has 0 atom stereocenters. The molecule has 0 aromatic carbocycles. The van der Waals surface area contributed by atoms with E-state index >= 15 is 0 Å². The van der Waals surface area contributed by atoms with Crippen LogP contribution in [0.25, 0.3) is 0 Å². The van der Waals surface area contributed by atoms with Gasteiger partial charge in [-0.15, -0.1) is 0 Å². The number of hydrogen-bond acceptors (Lipinski definition) is 2. The molecule has 0 radical (unpaired) electrons. The van der Waals surface area contributed by atoms with Crippen LogP contribution in [0.5, 0.6) is 0 Å². The number of rotatable bonds is 1. The predicted molar refractivity (Wildman–Crippen MR) is 43.6 cm³/mol. The van der Waals surface area contributed by atoms with Crippen molar-refractivity contribution in [3.63, 3.8) is 0 Å². The van der Waals surface area contributed by atoms with Crippen molar-refractivity contribution in [1.29, 1.82) is 0 Å². The third-order valence-corrected chi connectivity index (χ3v) is 1.74. The average molecular weight is 216 g/mol. The van der Waals surface area contributed by atoms with Crippen molar-refractivity contribution in [3.05, 3.63) is 28.0 Å². The first kappa shape index (κ1) is 8.20. The summed E-state index contributed by atoms with van der Waals surface area (Å²) in [6, 6.07) is 1.67. The summed E-state index contributed by atoms with van der Waals surface area (Å²) in [5, 5.41) is 8.60. The number of carboxylic acid groups (broad SMARTS) is 1. The van der Waals surface area contributed by atoms with Gasteiger partial charge in [0, 0.05) is 6.20 Å². The summed E-state index contributed by atoms with van der Waals surface area (Å²) in [7, 11) is 0. The Morgan fingerprint density at radius 3 is 2.82 bits per heavy atom. The summed E-state index contributed by atoms with van der Waals surface area (Å²) < 4.78 is 0.653. The number of aromatic nitrogens is 1. The van der Waals surface area contributed by atoms with Crippen molar-refractivity contribution in [3.8, 4) is 0 Å². The predicted octanol–water partition coefficient (Wildman–Crippen LogP) is 1.85. The van der Waals surface area contributed by atoms with Gasteiger partial charge in [-0.05, 0) is 34.5 Å². The average Bonchev–Trinajstić information content (AvgIpc) is 1.85. The molecule has 1 aromatic heterocycles. The molecule has 3 nitrogen and oxygen atoms in total. The van der Waals surface area contributed by atoms with Crippen LogP contribution in [0.1, 0.15) is 15.9 Å². The summed E-state index contributed by atoms with van der Waals surface area (Å²) in [4.78, 5) is 14.3. The van der Waals surface area contributed by atoms with Gasteiger partial charge >= 0.3 is 5.97 Å². The smallest absolute Gasteiger partial charge is 0.337 e. The zero-order valence-corrected chi connectivity index (χ0v) is 7.42. The fourth-order valence-corrected chi connectivity index (χ4v) is 1.19. The Labute approximate surface area is 72.2 Å². The second kappa shape index (κ2) is 3.00. The molecule has 1 heterocycles. The standard InChI is InChI=1S/C7H6BrNO2/c1-4-2-6(8)9-3-5(4)7(10)11/h2-3H,1H3,(H,10,11). The van der Waals surface area contributed by atoms with Crippen LogP contribution in [0.15, 0.2) is 16.9 Å². The first-order valence-corrected chi connectivity index (χ1v) is 3.76. The third-order valence-electron chi connectivity index (χ3n) is 1.31. The van der Waals surface area contributed by atoms with E-state index in [-0.39, 0.29) is 5.56 Å². The van der Waals surface area contributed by atoms with E-state index in [1.54, 1.807) is 13.0 Å². The van der Waals surface area contributed by atoms with Crippen LogP contribution >= 0.6 is 15.9 Å². The first-order valence-electron chi connectivity index (χ1n) is 2.96. The molecule has 0 bridgehead atoms. The Morgan fingerprint density at radius 2 is 2.36 bits per heavy atom. The number of aromatic carboxylic acids is 1. The van der Waals surface area contributed by atoms with Gasteiger partial charge in [-0.25, -0.2) is 9.78 Å². The maximum atomic E-state index is 10.5. The topological polar surface area (TPSA) is 50.2 Å². The number of halogens is 1. The lowest BCUT2D eigenvalue weighted by Gasteiger charge is -1.98. The monoisotopic (exact) mass is 215 g/mol. The van der Waals surface area contributed by atoms with Crippen LogP contribution in [0, 0.1) is 6.92 Å². The molecule has 0 aliphatic carbocycles. The highest BCUT2D eigenvalue weighted by Gasteiger charge is 2.06. The molecule has 4 heteroatoms. The van der Waals surface area contributed by atoms with E-state index in [1.807, 2.05) is 0 Å². The minimum Gasteiger partial charge on any atom is -0.478 e. The Balaban J connectivity index is 3.20. The minimum absolute atomic E-state index is 0.244. The SMILES string of the molecule is Cc1cc(Br)ncc1C(=O)O. The third kappa shape index (κ3) is 1.77. The lowest BCUT2D eigenvalue weighted by Crippen LogP contribution is -2.00. The lowest BCUT2D eigenvalue weighted by molar-refractivity contribution is 0.0695. The molecule has 0 amide bonds. The number of carbonyl (C=O) groups is 1. The summed E-state index contributed by atoms with van der Waals surface area (Å²) in [6.45, 7) is 1.73. The van der Waals surface area contributed by atoms with Crippen molar-refractivity contribution in [1.82, 2.24) is 4.98 Å². The minimum atomic E-state index is -0.942.